The fraction of sp³-hybridized carbons (Fsp3) is 0.333. The van der Waals surface area contributed by atoms with E-state index in [1.54, 1.807) is 33.4 Å². The van der Waals surface area contributed by atoms with Gasteiger partial charge in [0.2, 0.25) is 0 Å². The largest absolute Gasteiger partial charge is 0.0502 e. The summed E-state index contributed by atoms with van der Waals surface area (Å²) in [4.78, 5) is 0. The molecule has 8 rings (SSSR count). The summed E-state index contributed by atoms with van der Waals surface area (Å²) in [5.41, 5.74) is 27.7. The average Bonchev–Trinajstić information content (AvgIpc) is 3.40. The lowest BCUT2D eigenvalue weighted by Crippen LogP contribution is -2.50. The molecule has 0 heterocycles. The summed E-state index contributed by atoms with van der Waals surface area (Å²) in [5, 5.41) is 0. The third-order valence-corrected chi connectivity index (χ3v) is 10.9. The maximum absolute atomic E-state index is 2.59. The van der Waals surface area contributed by atoms with Crippen LogP contribution in [-0.4, -0.2) is 0 Å². The Balaban J connectivity index is 1.65. The molecular weight excluding hydrogens is 396 g/mol. The molecule has 1 spiro atoms. The molecule has 0 unspecified atom stereocenters. The second kappa shape index (κ2) is 5.12. The van der Waals surface area contributed by atoms with Gasteiger partial charge < -0.3 is 0 Å². The smallest absolute Gasteiger partial charge is 0.0445 e. The van der Waals surface area contributed by atoms with Crippen molar-refractivity contribution in [2.24, 2.45) is 17.3 Å². The normalized spacial score (nSPS) is 34.7. The Morgan fingerprint density at radius 3 is 1.30 bits per heavy atom. The summed E-state index contributed by atoms with van der Waals surface area (Å²) in [5.74, 6) is 0.877. The molecule has 0 aliphatic heterocycles. The zero-order valence-corrected chi connectivity index (χ0v) is 21.0. The van der Waals surface area contributed by atoms with Crippen LogP contribution in [0.5, 0.6) is 0 Å². The first-order chi connectivity index (χ1) is 15.7. The Kier molecular flexibility index (Phi) is 2.88. The summed E-state index contributed by atoms with van der Waals surface area (Å²) >= 11 is 0. The molecular formula is C33H30. The van der Waals surface area contributed by atoms with Crippen molar-refractivity contribution in [2.45, 2.75) is 55.4 Å². The van der Waals surface area contributed by atoms with Gasteiger partial charge in [-0.1, -0.05) is 24.3 Å². The van der Waals surface area contributed by atoms with Crippen molar-refractivity contribution in [3.8, 4) is 0 Å². The Morgan fingerprint density at radius 1 is 0.455 bits per heavy atom. The van der Waals surface area contributed by atoms with E-state index in [1.165, 1.54) is 66.9 Å². The van der Waals surface area contributed by atoms with Gasteiger partial charge in [0.05, 0.1) is 0 Å². The fourth-order valence-corrected chi connectivity index (χ4v) is 8.77. The Hall–Kier alpha value is -2.86. The molecule has 0 saturated heterocycles. The summed E-state index contributed by atoms with van der Waals surface area (Å²) in [6, 6.07) is 0. The van der Waals surface area contributed by atoms with Crippen LogP contribution in [0.15, 0.2) is 125 Å². The highest BCUT2D eigenvalue weighted by Gasteiger charge is 2.67. The zero-order chi connectivity index (χ0) is 22.9. The lowest BCUT2D eigenvalue weighted by atomic mass is 9.44. The maximum atomic E-state index is 2.59. The first kappa shape index (κ1) is 18.6. The van der Waals surface area contributed by atoms with E-state index in [0.717, 1.165) is 0 Å². The van der Waals surface area contributed by atoms with Crippen molar-refractivity contribution < 1.29 is 0 Å². The third-order valence-electron chi connectivity index (χ3n) is 10.9. The van der Waals surface area contributed by atoms with Crippen LogP contribution < -0.4 is 0 Å². The molecule has 8 aliphatic rings. The molecule has 0 N–H and O–H groups in total. The quantitative estimate of drug-likeness (QED) is 0.366. The van der Waals surface area contributed by atoms with Crippen molar-refractivity contribution in [3.05, 3.63) is 125 Å². The predicted molar refractivity (Wildman–Crippen MR) is 136 cm³/mol. The standard InChI is InChI=1S/C33H30/c1-13-14(2)22-10-24-17(5)18(6)26-12-28-20(8)19(7)27-11-25-16(4)15(3)23-9-21(13)29(22)33(30(23)25,31(24)26)32(27)28/h9-12,29,32H,1-8H3. The van der Waals surface area contributed by atoms with Crippen molar-refractivity contribution in [1.29, 1.82) is 0 Å². The van der Waals surface area contributed by atoms with Gasteiger partial charge in [-0.05, 0) is 156 Å². The van der Waals surface area contributed by atoms with Gasteiger partial charge >= 0.3 is 0 Å². The molecule has 0 aromatic carbocycles. The number of hydrogen-bond acceptors (Lipinski definition) is 0. The molecule has 0 amide bonds. The van der Waals surface area contributed by atoms with Crippen LogP contribution in [0, 0.1) is 17.3 Å². The van der Waals surface area contributed by atoms with Crippen LogP contribution in [-0.2, 0) is 0 Å². The molecule has 0 fully saturated rings. The van der Waals surface area contributed by atoms with Gasteiger partial charge in [-0.25, -0.2) is 0 Å². The Bertz CT molecular complexity index is 1480. The minimum atomic E-state index is -0.00620. The van der Waals surface area contributed by atoms with Gasteiger partial charge in [-0.2, -0.15) is 0 Å². The van der Waals surface area contributed by atoms with Gasteiger partial charge in [0.25, 0.3) is 0 Å². The van der Waals surface area contributed by atoms with Crippen molar-refractivity contribution in [2.75, 3.05) is 0 Å². The molecule has 0 heteroatoms. The minimum Gasteiger partial charge on any atom is -0.0502 e. The monoisotopic (exact) mass is 426 g/mol. The third kappa shape index (κ3) is 1.56. The molecule has 0 radical (unpaired) electrons. The van der Waals surface area contributed by atoms with E-state index in [4.69, 9.17) is 0 Å². The van der Waals surface area contributed by atoms with Gasteiger partial charge in [0.1, 0.15) is 0 Å². The van der Waals surface area contributed by atoms with E-state index in [-0.39, 0.29) is 5.41 Å². The zero-order valence-electron chi connectivity index (χ0n) is 21.0. The van der Waals surface area contributed by atoms with Gasteiger partial charge in [0, 0.05) is 17.3 Å². The lowest BCUT2D eigenvalue weighted by Gasteiger charge is -2.57. The molecule has 0 saturated carbocycles. The van der Waals surface area contributed by atoms with Crippen molar-refractivity contribution in [1.82, 2.24) is 0 Å². The molecule has 0 bridgehead atoms. The van der Waals surface area contributed by atoms with E-state index in [2.05, 4.69) is 79.7 Å². The number of rotatable bonds is 0. The first-order valence-electron chi connectivity index (χ1n) is 12.5. The summed E-state index contributed by atoms with van der Waals surface area (Å²) in [6.45, 7) is 19.0. The topological polar surface area (TPSA) is 0 Å². The van der Waals surface area contributed by atoms with Crippen molar-refractivity contribution >= 4 is 0 Å². The van der Waals surface area contributed by atoms with E-state index >= 15 is 0 Å². The van der Waals surface area contributed by atoms with Gasteiger partial charge in [0.15, 0.2) is 0 Å². The SMILES string of the molecule is CC1=C(C)C2=C3C1=CC1=C(C)C(C)=C4C=C5C(C)=C(C)C6=C5C3(C3C(=C2)C(C)=C(C)C3=C6)C14. The predicted octanol–water partition coefficient (Wildman–Crippen LogP) is 8.26. The molecule has 0 aromatic rings. The van der Waals surface area contributed by atoms with Gasteiger partial charge in [-0.3, -0.25) is 0 Å². The van der Waals surface area contributed by atoms with Crippen molar-refractivity contribution in [3.63, 3.8) is 0 Å². The van der Waals surface area contributed by atoms with E-state index in [9.17, 15) is 0 Å². The molecule has 0 nitrogen and oxygen atoms in total. The number of allylic oxidation sites excluding steroid dienone is 22. The highest BCUT2D eigenvalue weighted by molar-refractivity contribution is 5.88. The minimum absolute atomic E-state index is 0.00620. The van der Waals surface area contributed by atoms with E-state index in [1.807, 2.05) is 0 Å². The fourth-order valence-electron chi connectivity index (χ4n) is 8.77. The summed E-state index contributed by atoms with van der Waals surface area (Å²) < 4.78 is 0. The van der Waals surface area contributed by atoms with Crippen LogP contribution >= 0.6 is 0 Å². The Labute approximate surface area is 197 Å². The highest BCUT2D eigenvalue weighted by Crippen LogP contribution is 2.77. The number of hydrogen-bond donors (Lipinski definition) is 0. The molecule has 0 atom stereocenters. The van der Waals surface area contributed by atoms with Crippen LogP contribution in [0.3, 0.4) is 0 Å². The molecule has 33 heavy (non-hydrogen) atoms. The first-order valence-corrected chi connectivity index (χ1v) is 12.5. The summed E-state index contributed by atoms with van der Waals surface area (Å²) in [6.07, 6.45) is 10.3. The summed E-state index contributed by atoms with van der Waals surface area (Å²) in [7, 11) is 0. The molecule has 8 aliphatic carbocycles. The highest BCUT2D eigenvalue weighted by atomic mass is 14.7. The van der Waals surface area contributed by atoms with E-state index in [0.29, 0.717) is 11.8 Å². The maximum Gasteiger partial charge on any atom is 0.0445 e. The van der Waals surface area contributed by atoms with Crippen LogP contribution in [0.25, 0.3) is 0 Å². The van der Waals surface area contributed by atoms with Crippen LogP contribution in [0.2, 0.25) is 0 Å². The molecule has 162 valence electrons. The second-order valence-electron chi connectivity index (χ2n) is 11.5. The average molecular weight is 427 g/mol. The van der Waals surface area contributed by atoms with Crippen LogP contribution in [0.4, 0.5) is 0 Å². The second-order valence-corrected chi connectivity index (χ2v) is 11.5. The van der Waals surface area contributed by atoms with Crippen LogP contribution in [0.1, 0.15) is 55.4 Å². The molecule has 0 aromatic heterocycles. The van der Waals surface area contributed by atoms with E-state index < -0.39 is 0 Å². The lowest BCUT2D eigenvalue weighted by molar-refractivity contribution is 0.266. The van der Waals surface area contributed by atoms with Gasteiger partial charge in [-0.15, -0.1) is 0 Å². The Morgan fingerprint density at radius 2 is 0.879 bits per heavy atom.